The van der Waals surface area contributed by atoms with E-state index in [1.165, 1.54) is 0 Å². The maximum absolute atomic E-state index is 6.02. The van der Waals surface area contributed by atoms with Crippen LogP contribution in [0.25, 0.3) is 11.0 Å². The Labute approximate surface area is 109 Å². The number of nitrogens with one attached hydrogen (secondary N) is 1. The summed E-state index contributed by atoms with van der Waals surface area (Å²) in [6.07, 6.45) is 2.10. The van der Waals surface area contributed by atoms with Gasteiger partial charge in [0, 0.05) is 16.8 Å². The quantitative estimate of drug-likeness (QED) is 0.842. The summed E-state index contributed by atoms with van der Waals surface area (Å²) in [6, 6.07) is 6.17. The zero-order valence-corrected chi connectivity index (χ0v) is 11.5. The number of hydrogen-bond acceptors (Lipinski definition) is 2. The molecule has 1 heterocycles. The number of thioether (sulfide) groups is 1. The Balaban J connectivity index is 2.62. The lowest BCUT2D eigenvalue weighted by Gasteiger charge is -2.12. The lowest BCUT2D eigenvalue weighted by molar-refractivity contribution is 0.620. The van der Waals surface area contributed by atoms with Crippen LogP contribution in [-0.4, -0.2) is 21.6 Å². The Morgan fingerprint density at radius 1 is 1.56 bits per heavy atom. The summed E-state index contributed by atoms with van der Waals surface area (Å²) in [5.41, 5.74) is 2.13. The van der Waals surface area contributed by atoms with Gasteiger partial charge in [0.25, 0.3) is 0 Å². The maximum atomic E-state index is 6.02. The van der Waals surface area contributed by atoms with Crippen molar-refractivity contribution in [3.63, 3.8) is 0 Å². The lowest BCUT2D eigenvalue weighted by Crippen LogP contribution is -2.07. The van der Waals surface area contributed by atoms with Crippen LogP contribution >= 0.6 is 35.6 Å². The first kappa shape index (κ1) is 12.0. The van der Waals surface area contributed by atoms with Gasteiger partial charge in [0.15, 0.2) is 4.77 Å². The van der Waals surface area contributed by atoms with E-state index in [-0.39, 0.29) is 0 Å². The molecule has 0 bridgehead atoms. The van der Waals surface area contributed by atoms with Crippen molar-refractivity contribution in [2.75, 3.05) is 12.0 Å². The van der Waals surface area contributed by atoms with Crippen molar-refractivity contribution in [3.05, 3.63) is 28.0 Å². The summed E-state index contributed by atoms with van der Waals surface area (Å²) in [6.45, 7) is 2.17. The number of halogens is 1. The molecule has 0 amide bonds. The fraction of sp³-hybridized carbons (Fsp3) is 0.364. The average molecular weight is 273 g/mol. The molecule has 0 aliphatic heterocycles. The summed E-state index contributed by atoms with van der Waals surface area (Å²) in [4.78, 5) is 3.20. The number of H-pyrrole nitrogens is 1. The summed E-state index contributed by atoms with van der Waals surface area (Å²) < 4.78 is 2.89. The Morgan fingerprint density at radius 3 is 3.00 bits per heavy atom. The molecular weight excluding hydrogens is 260 g/mol. The first-order valence-electron chi connectivity index (χ1n) is 5.02. The van der Waals surface area contributed by atoms with Crippen molar-refractivity contribution in [3.8, 4) is 0 Å². The van der Waals surface area contributed by atoms with Crippen molar-refractivity contribution < 1.29 is 0 Å². The minimum atomic E-state index is 0.370. The average Bonchev–Trinajstić information content (AvgIpc) is 2.53. The number of aromatic nitrogens is 2. The van der Waals surface area contributed by atoms with Crippen LogP contribution in [0.1, 0.15) is 13.0 Å². The predicted octanol–water partition coefficient (Wildman–Crippen LogP) is 4.28. The van der Waals surface area contributed by atoms with E-state index in [2.05, 4.69) is 22.7 Å². The highest BCUT2D eigenvalue weighted by Crippen LogP contribution is 2.23. The lowest BCUT2D eigenvalue weighted by atomic mass is 10.3. The van der Waals surface area contributed by atoms with E-state index in [9.17, 15) is 0 Å². The number of nitrogens with zero attached hydrogens (tertiary/aromatic N) is 1. The summed E-state index contributed by atoms with van der Waals surface area (Å²) in [5, 5.41) is 0.742. The SMILES string of the molecule is CSCC(C)n1c(=S)[nH]c2ccc(Cl)cc21. The highest BCUT2D eigenvalue weighted by Gasteiger charge is 2.10. The molecule has 1 aromatic carbocycles. The van der Waals surface area contributed by atoms with E-state index in [4.69, 9.17) is 23.8 Å². The largest absolute Gasteiger partial charge is 0.331 e. The first-order valence-corrected chi connectivity index (χ1v) is 7.20. The van der Waals surface area contributed by atoms with Gasteiger partial charge in [0.2, 0.25) is 0 Å². The second-order valence-corrected chi connectivity index (χ2v) is 5.50. The van der Waals surface area contributed by atoms with Gasteiger partial charge in [-0.3, -0.25) is 0 Å². The van der Waals surface area contributed by atoms with Crippen molar-refractivity contribution >= 4 is 46.6 Å². The van der Waals surface area contributed by atoms with E-state index in [0.717, 1.165) is 26.6 Å². The Kier molecular flexibility index (Phi) is 3.62. The topological polar surface area (TPSA) is 20.7 Å². The smallest absolute Gasteiger partial charge is 0.178 e. The highest BCUT2D eigenvalue weighted by molar-refractivity contribution is 7.98. The molecule has 1 unspecified atom stereocenters. The maximum Gasteiger partial charge on any atom is 0.178 e. The molecule has 1 aromatic heterocycles. The third-order valence-corrected chi connectivity index (χ3v) is 3.88. The van der Waals surface area contributed by atoms with E-state index in [0.29, 0.717) is 6.04 Å². The minimum absolute atomic E-state index is 0.370. The van der Waals surface area contributed by atoms with Crippen LogP contribution in [0, 0.1) is 4.77 Å². The molecule has 2 rings (SSSR count). The third kappa shape index (κ3) is 2.14. The molecule has 0 spiro atoms. The van der Waals surface area contributed by atoms with Crippen LogP contribution in [0.2, 0.25) is 5.02 Å². The predicted molar refractivity (Wildman–Crippen MR) is 75.2 cm³/mol. The number of imidazole rings is 1. The molecule has 0 fully saturated rings. The molecule has 0 saturated carbocycles. The van der Waals surface area contributed by atoms with Crippen molar-refractivity contribution in [1.82, 2.24) is 9.55 Å². The number of aromatic amines is 1. The summed E-state index contributed by atoms with van der Waals surface area (Å²) >= 11 is 13.2. The molecule has 1 atom stereocenters. The molecule has 0 radical (unpaired) electrons. The van der Waals surface area contributed by atoms with Crippen LogP contribution < -0.4 is 0 Å². The number of fused-ring (bicyclic) bond motifs is 1. The molecule has 0 aliphatic carbocycles. The molecule has 2 nitrogen and oxygen atoms in total. The normalized spacial score (nSPS) is 13.2. The molecule has 0 aliphatic rings. The van der Waals surface area contributed by atoms with Gasteiger partial charge in [0.1, 0.15) is 0 Å². The second-order valence-electron chi connectivity index (χ2n) is 3.77. The molecular formula is C11H13ClN2S2. The van der Waals surface area contributed by atoms with Crippen LogP contribution in [0.4, 0.5) is 0 Å². The fourth-order valence-electron chi connectivity index (χ4n) is 1.85. The van der Waals surface area contributed by atoms with Gasteiger partial charge in [-0.2, -0.15) is 11.8 Å². The van der Waals surface area contributed by atoms with Crippen LogP contribution in [0.5, 0.6) is 0 Å². The van der Waals surface area contributed by atoms with Crippen molar-refractivity contribution in [2.24, 2.45) is 0 Å². The van der Waals surface area contributed by atoms with E-state index < -0.39 is 0 Å². The van der Waals surface area contributed by atoms with Crippen LogP contribution in [-0.2, 0) is 0 Å². The Hall–Kier alpha value is -0.450. The summed E-state index contributed by atoms with van der Waals surface area (Å²) in [7, 11) is 0. The fourth-order valence-corrected chi connectivity index (χ4v) is 3.03. The molecule has 0 saturated heterocycles. The van der Waals surface area contributed by atoms with Gasteiger partial charge < -0.3 is 9.55 Å². The van der Waals surface area contributed by atoms with Crippen molar-refractivity contribution in [2.45, 2.75) is 13.0 Å². The second kappa shape index (κ2) is 4.82. The van der Waals surface area contributed by atoms with E-state index in [1.54, 1.807) is 0 Å². The van der Waals surface area contributed by atoms with Gasteiger partial charge in [-0.25, -0.2) is 0 Å². The zero-order chi connectivity index (χ0) is 11.7. The molecule has 5 heteroatoms. The third-order valence-electron chi connectivity index (χ3n) is 2.53. The monoisotopic (exact) mass is 272 g/mol. The van der Waals surface area contributed by atoms with Gasteiger partial charge in [-0.15, -0.1) is 0 Å². The van der Waals surface area contributed by atoms with Crippen LogP contribution in [0.3, 0.4) is 0 Å². The van der Waals surface area contributed by atoms with E-state index >= 15 is 0 Å². The summed E-state index contributed by atoms with van der Waals surface area (Å²) in [5.74, 6) is 1.04. The number of rotatable bonds is 3. The van der Waals surface area contributed by atoms with Gasteiger partial charge in [-0.1, -0.05) is 11.6 Å². The molecule has 16 heavy (non-hydrogen) atoms. The van der Waals surface area contributed by atoms with Gasteiger partial charge in [0.05, 0.1) is 11.0 Å². The molecule has 1 N–H and O–H groups in total. The van der Waals surface area contributed by atoms with E-state index in [1.807, 2.05) is 30.0 Å². The van der Waals surface area contributed by atoms with Gasteiger partial charge in [-0.05, 0) is 43.6 Å². The zero-order valence-electron chi connectivity index (χ0n) is 9.16. The Morgan fingerprint density at radius 2 is 2.31 bits per heavy atom. The number of benzene rings is 1. The first-order chi connectivity index (χ1) is 7.63. The van der Waals surface area contributed by atoms with Crippen LogP contribution in [0.15, 0.2) is 18.2 Å². The molecule has 86 valence electrons. The Bertz CT molecular complexity index is 559. The number of hydrogen-bond donors (Lipinski definition) is 1. The minimum Gasteiger partial charge on any atom is -0.331 e. The highest BCUT2D eigenvalue weighted by atomic mass is 35.5. The standard InChI is InChI=1S/C11H13ClN2S2/c1-7(6-16-2)14-10-5-8(12)3-4-9(10)13-11(14)15/h3-5,7H,6H2,1-2H3,(H,13,15). The molecule has 2 aromatic rings. The van der Waals surface area contributed by atoms with Gasteiger partial charge >= 0.3 is 0 Å². The van der Waals surface area contributed by atoms with Crippen molar-refractivity contribution in [1.29, 1.82) is 0 Å².